The zero-order valence-corrected chi connectivity index (χ0v) is 17.0. The Balaban J connectivity index is 1.44. The molecular formula is C17H21N5O4S2. The number of nitrogens with one attached hydrogen (secondary N) is 2. The summed E-state index contributed by atoms with van der Waals surface area (Å²) < 4.78 is 10.7. The van der Waals surface area contributed by atoms with Crippen molar-refractivity contribution in [3.8, 4) is 0 Å². The molecule has 1 aromatic carbocycles. The second-order valence-electron chi connectivity index (χ2n) is 5.70. The third-order valence-electron chi connectivity index (χ3n) is 3.74. The Kier molecular flexibility index (Phi) is 7.46. The van der Waals surface area contributed by atoms with E-state index in [0.29, 0.717) is 9.47 Å². The summed E-state index contributed by atoms with van der Waals surface area (Å²) in [4.78, 5) is 25.7. The SMILES string of the molecule is CCOC(=O)Nc1nnc(SCC(=O)Nc2ccc(N3CCOCC3)cc2)s1. The van der Waals surface area contributed by atoms with Crippen LogP contribution in [0.4, 0.5) is 21.3 Å². The summed E-state index contributed by atoms with van der Waals surface area (Å²) in [7, 11) is 0. The molecule has 150 valence electrons. The first-order valence-electron chi connectivity index (χ1n) is 8.76. The number of hydrogen-bond donors (Lipinski definition) is 2. The van der Waals surface area contributed by atoms with Gasteiger partial charge in [0.15, 0.2) is 4.34 Å². The zero-order chi connectivity index (χ0) is 19.8. The highest BCUT2D eigenvalue weighted by Crippen LogP contribution is 2.26. The van der Waals surface area contributed by atoms with Crippen LogP contribution < -0.4 is 15.5 Å². The Morgan fingerprint density at radius 2 is 1.96 bits per heavy atom. The molecule has 0 spiro atoms. The molecule has 0 bridgehead atoms. The van der Waals surface area contributed by atoms with Gasteiger partial charge >= 0.3 is 6.09 Å². The number of hydrogen-bond acceptors (Lipinski definition) is 9. The summed E-state index contributed by atoms with van der Waals surface area (Å²) >= 11 is 2.44. The van der Waals surface area contributed by atoms with Crippen molar-refractivity contribution < 1.29 is 19.1 Å². The van der Waals surface area contributed by atoms with Gasteiger partial charge in [0, 0.05) is 24.5 Å². The Morgan fingerprint density at radius 1 is 1.21 bits per heavy atom. The zero-order valence-electron chi connectivity index (χ0n) is 15.3. The standard InChI is InChI=1S/C17H21N5O4S2/c1-2-26-16(24)19-15-20-21-17(28-15)27-11-14(23)18-12-3-5-13(6-4-12)22-7-9-25-10-8-22/h3-6H,2,7-11H2,1H3,(H,18,23)(H,19,20,24). The summed E-state index contributed by atoms with van der Waals surface area (Å²) in [6.45, 7) is 5.21. The fourth-order valence-corrected chi connectivity index (χ4v) is 4.01. The van der Waals surface area contributed by atoms with Crippen LogP contribution in [-0.4, -0.2) is 60.9 Å². The molecule has 0 saturated carbocycles. The average molecular weight is 424 g/mol. The van der Waals surface area contributed by atoms with Gasteiger partial charge in [-0.2, -0.15) is 0 Å². The lowest BCUT2D eigenvalue weighted by atomic mass is 10.2. The molecule has 1 fully saturated rings. The largest absolute Gasteiger partial charge is 0.450 e. The van der Waals surface area contributed by atoms with Crippen molar-refractivity contribution in [1.29, 1.82) is 0 Å². The van der Waals surface area contributed by atoms with Crippen molar-refractivity contribution in [1.82, 2.24) is 10.2 Å². The molecule has 2 heterocycles. The number of carbonyl (C=O) groups excluding carboxylic acids is 2. The fourth-order valence-electron chi connectivity index (χ4n) is 2.47. The lowest BCUT2D eigenvalue weighted by Gasteiger charge is -2.28. The van der Waals surface area contributed by atoms with Gasteiger partial charge in [-0.25, -0.2) is 4.79 Å². The van der Waals surface area contributed by atoms with Crippen molar-refractivity contribution in [3.63, 3.8) is 0 Å². The Bertz CT molecular complexity index is 793. The van der Waals surface area contributed by atoms with Crippen LogP contribution in [0.2, 0.25) is 0 Å². The fraction of sp³-hybridized carbons (Fsp3) is 0.412. The maximum absolute atomic E-state index is 12.1. The van der Waals surface area contributed by atoms with E-state index in [1.807, 2.05) is 24.3 Å². The molecule has 1 aliphatic heterocycles. The number of nitrogens with zero attached hydrogens (tertiary/aromatic N) is 3. The average Bonchev–Trinajstić information content (AvgIpc) is 3.15. The molecule has 3 rings (SSSR count). The van der Waals surface area contributed by atoms with Gasteiger partial charge in [0.25, 0.3) is 0 Å². The third kappa shape index (κ3) is 6.08. The molecule has 1 saturated heterocycles. The van der Waals surface area contributed by atoms with Gasteiger partial charge < -0.3 is 19.7 Å². The summed E-state index contributed by atoms with van der Waals surface area (Å²) in [5.41, 5.74) is 1.86. The number of ether oxygens (including phenoxy) is 2. The van der Waals surface area contributed by atoms with E-state index in [1.54, 1.807) is 6.92 Å². The number of benzene rings is 1. The molecular weight excluding hydrogens is 402 g/mol. The van der Waals surface area contributed by atoms with Gasteiger partial charge in [-0.1, -0.05) is 23.1 Å². The smallest absolute Gasteiger partial charge is 0.413 e. The molecule has 0 atom stereocenters. The number of anilines is 3. The second-order valence-corrected chi connectivity index (χ2v) is 7.90. The molecule has 2 amide bonds. The van der Waals surface area contributed by atoms with Gasteiger partial charge in [-0.15, -0.1) is 10.2 Å². The highest BCUT2D eigenvalue weighted by Gasteiger charge is 2.13. The molecule has 1 aromatic heterocycles. The van der Waals surface area contributed by atoms with Crippen LogP contribution in [0.5, 0.6) is 0 Å². The van der Waals surface area contributed by atoms with Crippen LogP contribution in [0.3, 0.4) is 0 Å². The van der Waals surface area contributed by atoms with E-state index in [1.165, 1.54) is 23.1 Å². The van der Waals surface area contributed by atoms with Crippen LogP contribution in [0.15, 0.2) is 28.6 Å². The Morgan fingerprint density at radius 3 is 2.68 bits per heavy atom. The molecule has 0 unspecified atom stereocenters. The van der Waals surface area contributed by atoms with E-state index in [4.69, 9.17) is 9.47 Å². The minimum atomic E-state index is -0.575. The molecule has 9 nitrogen and oxygen atoms in total. The number of morpholine rings is 1. The maximum Gasteiger partial charge on any atom is 0.413 e. The van der Waals surface area contributed by atoms with Crippen molar-refractivity contribution >= 4 is 51.6 Å². The molecule has 11 heteroatoms. The number of aromatic nitrogens is 2. The molecule has 2 N–H and O–H groups in total. The van der Waals surface area contributed by atoms with Gasteiger partial charge in [0.2, 0.25) is 11.0 Å². The van der Waals surface area contributed by atoms with E-state index >= 15 is 0 Å². The minimum Gasteiger partial charge on any atom is -0.450 e. The summed E-state index contributed by atoms with van der Waals surface area (Å²) in [6.07, 6.45) is -0.575. The van der Waals surface area contributed by atoms with Crippen LogP contribution in [0, 0.1) is 0 Å². The predicted molar refractivity (Wildman–Crippen MR) is 109 cm³/mol. The first-order valence-corrected chi connectivity index (χ1v) is 10.6. The van der Waals surface area contributed by atoms with Gasteiger partial charge in [-0.3, -0.25) is 10.1 Å². The highest BCUT2D eigenvalue weighted by molar-refractivity contribution is 8.01. The van der Waals surface area contributed by atoms with Gasteiger partial charge in [0.1, 0.15) is 0 Å². The lowest BCUT2D eigenvalue weighted by Crippen LogP contribution is -2.36. The number of rotatable bonds is 7. The molecule has 1 aliphatic rings. The summed E-state index contributed by atoms with van der Waals surface area (Å²) in [5.74, 6) is 0.0541. The summed E-state index contributed by atoms with van der Waals surface area (Å²) in [6, 6.07) is 7.76. The van der Waals surface area contributed by atoms with Crippen molar-refractivity contribution in [2.75, 3.05) is 54.2 Å². The van der Waals surface area contributed by atoms with Crippen LogP contribution in [0.1, 0.15) is 6.92 Å². The minimum absolute atomic E-state index is 0.140. The highest BCUT2D eigenvalue weighted by atomic mass is 32.2. The quantitative estimate of drug-likeness (QED) is 0.517. The van der Waals surface area contributed by atoms with Crippen molar-refractivity contribution in [2.45, 2.75) is 11.3 Å². The number of thioether (sulfide) groups is 1. The number of carbonyl (C=O) groups is 2. The van der Waals surface area contributed by atoms with E-state index < -0.39 is 6.09 Å². The van der Waals surface area contributed by atoms with Crippen molar-refractivity contribution in [3.05, 3.63) is 24.3 Å². The second kappa shape index (κ2) is 10.2. The van der Waals surface area contributed by atoms with Crippen molar-refractivity contribution in [2.24, 2.45) is 0 Å². The molecule has 28 heavy (non-hydrogen) atoms. The predicted octanol–water partition coefficient (Wildman–Crippen LogP) is 2.67. The summed E-state index contributed by atoms with van der Waals surface area (Å²) in [5, 5.41) is 13.5. The monoisotopic (exact) mass is 423 g/mol. The maximum atomic E-state index is 12.1. The van der Waals surface area contributed by atoms with Crippen LogP contribution in [-0.2, 0) is 14.3 Å². The molecule has 2 aromatic rings. The van der Waals surface area contributed by atoms with Gasteiger partial charge in [0.05, 0.1) is 25.6 Å². The van der Waals surface area contributed by atoms with Crippen LogP contribution in [0.25, 0.3) is 0 Å². The Labute approximate surface area is 170 Å². The first kappa shape index (κ1) is 20.4. The first-order chi connectivity index (χ1) is 13.6. The Hall–Kier alpha value is -2.37. The van der Waals surface area contributed by atoms with E-state index in [0.717, 1.165) is 37.7 Å². The lowest BCUT2D eigenvalue weighted by molar-refractivity contribution is -0.113. The van der Waals surface area contributed by atoms with E-state index in [9.17, 15) is 9.59 Å². The topological polar surface area (TPSA) is 106 Å². The normalized spacial score (nSPS) is 13.8. The third-order valence-corrected chi connectivity index (χ3v) is 5.72. The van der Waals surface area contributed by atoms with Crippen LogP contribution >= 0.6 is 23.1 Å². The molecule has 0 aliphatic carbocycles. The van der Waals surface area contributed by atoms with Gasteiger partial charge in [-0.05, 0) is 31.2 Å². The molecule has 0 radical (unpaired) electrons. The van der Waals surface area contributed by atoms with E-state index in [2.05, 4.69) is 25.7 Å². The number of amides is 2. The van der Waals surface area contributed by atoms with E-state index in [-0.39, 0.29) is 18.3 Å².